The van der Waals surface area contributed by atoms with Crippen LogP contribution in [0, 0.1) is 0 Å². The monoisotopic (exact) mass is 268 g/mol. The van der Waals surface area contributed by atoms with Gasteiger partial charge in [-0.05, 0) is 30.0 Å². The van der Waals surface area contributed by atoms with Gasteiger partial charge in [0.25, 0.3) is 0 Å². The number of carbonyl (C=O) groups is 1. The zero-order chi connectivity index (χ0) is 14.4. The van der Waals surface area contributed by atoms with E-state index in [9.17, 15) is 4.79 Å². The lowest BCUT2D eigenvalue weighted by Gasteiger charge is -2.15. The van der Waals surface area contributed by atoms with Crippen molar-refractivity contribution in [3.05, 3.63) is 65.7 Å². The fraction of sp³-hybridized carbons (Fsp3) is 0.278. The number of ether oxygens (including phenoxy) is 1. The maximum atomic E-state index is 12.3. The fourth-order valence-corrected chi connectivity index (χ4v) is 2.36. The largest absolute Gasteiger partial charge is 0.497 e. The Kier molecular flexibility index (Phi) is 4.94. The summed E-state index contributed by atoms with van der Waals surface area (Å²) < 4.78 is 5.25. The summed E-state index contributed by atoms with van der Waals surface area (Å²) >= 11 is 0. The van der Waals surface area contributed by atoms with Gasteiger partial charge in [-0.3, -0.25) is 4.79 Å². The molecule has 0 radical (unpaired) electrons. The van der Waals surface area contributed by atoms with Gasteiger partial charge >= 0.3 is 0 Å². The first kappa shape index (κ1) is 14.3. The van der Waals surface area contributed by atoms with E-state index in [2.05, 4.69) is 13.0 Å². The number of hydrogen-bond acceptors (Lipinski definition) is 2. The molecule has 20 heavy (non-hydrogen) atoms. The summed E-state index contributed by atoms with van der Waals surface area (Å²) in [5, 5.41) is 0. The minimum Gasteiger partial charge on any atom is -0.497 e. The minimum atomic E-state index is 0.195. The second-order valence-electron chi connectivity index (χ2n) is 4.88. The van der Waals surface area contributed by atoms with Gasteiger partial charge in [-0.1, -0.05) is 49.4 Å². The molecule has 0 aromatic heterocycles. The normalized spacial score (nSPS) is 11.9. The van der Waals surface area contributed by atoms with Crippen LogP contribution in [0.15, 0.2) is 54.6 Å². The first-order chi connectivity index (χ1) is 9.74. The van der Waals surface area contributed by atoms with Gasteiger partial charge < -0.3 is 4.74 Å². The quantitative estimate of drug-likeness (QED) is 0.723. The zero-order valence-electron chi connectivity index (χ0n) is 12.0. The first-order valence-corrected chi connectivity index (χ1v) is 6.96. The lowest BCUT2D eigenvalue weighted by molar-refractivity contribution is 0.0973. The molecule has 2 rings (SSSR count). The smallest absolute Gasteiger partial charge is 0.163 e. The van der Waals surface area contributed by atoms with E-state index < -0.39 is 0 Å². The van der Waals surface area contributed by atoms with Crippen molar-refractivity contribution in [1.29, 1.82) is 0 Å². The number of rotatable bonds is 6. The highest BCUT2D eigenvalue weighted by atomic mass is 16.5. The number of ketones is 1. The van der Waals surface area contributed by atoms with Crippen LogP contribution in [0.5, 0.6) is 5.75 Å². The van der Waals surface area contributed by atoms with Gasteiger partial charge in [0, 0.05) is 12.0 Å². The Morgan fingerprint density at radius 3 is 2.50 bits per heavy atom. The molecule has 2 aromatic rings. The maximum Gasteiger partial charge on any atom is 0.163 e. The zero-order valence-corrected chi connectivity index (χ0v) is 12.0. The molecule has 0 N–H and O–H groups in total. The molecule has 0 saturated heterocycles. The van der Waals surface area contributed by atoms with Crippen LogP contribution in [0.25, 0.3) is 0 Å². The lowest BCUT2D eigenvalue weighted by atomic mass is 9.89. The molecule has 2 aromatic carbocycles. The Hall–Kier alpha value is -2.09. The Balaban J connectivity index is 2.14. The third-order valence-corrected chi connectivity index (χ3v) is 3.59. The third kappa shape index (κ3) is 3.47. The maximum absolute atomic E-state index is 12.3. The molecule has 0 saturated carbocycles. The first-order valence-electron chi connectivity index (χ1n) is 6.96. The topological polar surface area (TPSA) is 26.3 Å². The van der Waals surface area contributed by atoms with Gasteiger partial charge in [0.2, 0.25) is 0 Å². The molecular weight excluding hydrogens is 248 g/mol. The SMILES string of the molecule is CC[C@H](CC(=O)c1ccccc1)c1cccc(OC)c1. The van der Waals surface area contributed by atoms with Gasteiger partial charge in [-0.15, -0.1) is 0 Å². The van der Waals surface area contributed by atoms with Crippen molar-refractivity contribution in [2.24, 2.45) is 0 Å². The highest BCUT2D eigenvalue weighted by molar-refractivity contribution is 5.96. The van der Waals surface area contributed by atoms with Crippen molar-refractivity contribution in [2.75, 3.05) is 7.11 Å². The van der Waals surface area contributed by atoms with E-state index >= 15 is 0 Å². The number of methoxy groups -OCH3 is 1. The molecule has 0 heterocycles. The molecule has 0 amide bonds. The Bertz CT molecular complexity index is 561. The average Bonchev–Trinajstić information content (AvgIpc) is 2.53. The van der Waals surface area contributed by atoms with Crippen LogP contribution in [-0.4, -0.2) is 12.9 Å². The van der Waals surface area contributed by atoms with E-state index in [4.69, 9.17) is 4.74 Å². The standard InChI is InChI=1S/C18H20O2/c1-3-14(16-10-7-11-17(12-16)20-2)13-18(19)15-8-5-4-6-9-15/h4-12,14H,3,13H2,1-2H3/t14-/m1/s1. The summed E-state index contributed by atoms with van der Waals surface area (Å²) in [5.41, 5.74) is 1.95. The number of carbonyl (C=O) groups excluding carboxylic acids is 1. The molecule has 2 heteroatoms. The molecule has 0 bridgehead atoms. The van der Waals surface area contributed by atoms with Gasteiger partial charge in [0.05, 0.1) is 7.11 Å². The van der Waals surface area contributed by atoms with Gasteiger partial charge in [0.1, 0.15) is 5.75 Å². The third-order valence-electron chi connectivity index (χ3n) is 3.59. The van der Waals surface area contributed by atoms with E-state index in [-0.39, 0.29) is 11.7 Å². The summed E-state index contributed by atoms with van der Waals surface area (Å²) in [6, 6.07) is 17.5. The highest BCUT2D eigenvalue weighted by Gasteiger charge is 2.16. The molecule has 104 valence electrons. The second kappa shape index (κ2) is 6.90. The molecule has 2 nitrogen and oxygen atoms in total. The van der Waals surface area contributed by atoms with Crippen molar-refractivity contribution in [3.63, 3.8) is 0 Å². The summed E-state index contributed by atoms with van der Waals surface area (Å²) in [5.74, 6) is 1.27. The van der Waals surface area contributed by atoms with Crippen LogP contribution in [-0.2, 0) is 0 Å². The lowest BCUT2D eigenvalue weighted by Crippen LogP contribution is -2.07. The van der Waals surface area contributed by atoms with Gasteiger partial charge in [-0.2, -0.15) is 0 Å². The Morgan fingerprint density at radius 2 is 1.85 bits per heavy atom. The number of Topliss-reactive ketones (excluding diaryl/α,β-unsaturated/α-hetero) is 1. The van der Waals surface area contributed by atoms with Crippen molar-refractivity contribution < 1.29 is 9.53 Å². The summed E-state index contributed by atoms with van der Waals surface area (Å²) in [4.78, 5) is 12.3. The van der Waals surface area contributed by atoms with E-state index in [0.29, 0.717) is 6.42 Å². The van der Waals surface area contributed by atoms with Crippen molar-refractivity contribution in [3.8, 4) is 5.75 Å². The number of hydrogen-bond donors (Lipinski definition) is 0. The minimum absolute atomic E-state index is 0.195. The van der Waals surface area contributed by atoms with Crippen molar-refractivity contribution in [2.45, 2.75) is 25.7 Å². The molecule has 1 atom stereocenters. The summed E-state index contributed by atoms with van der Waals surface area (Å²) in [6.07, 6.45) is 1.47. The molecular formula is C18H20O2. The van der Waals surface area contributed by atoms with Crippen LogP contribution in [0.2, 0.25) is 0 Å². The van der Waals surface area contributed by atoms with E-state index in [1.807, 2.05) is 48.5 Å². The molecule has 0 unspecified atom stereocenters. The number of benzene rings is 2. The van der Waals surface area contributed by atoms with Crippen molar-refractivity contribution >= 4 is 5.78 Å². The molecule has 0 spiro atoms. The Morgan fingerprint density at radius 1 is 1.10 bits per heavy atom. The average molecular weight is 268 g/mol. The predicted molar refractivity (Wildman–Crippen MR) is 81.4 cm³/mol. The van der Waals surface area contributed by atoms with E-state index in [1.54, 1.807) is 7.11 Å². The van der Waals surface area contributed by atoms with Crippen LogP contribution < -0.4 is 4.74 Å². The molecule has 0 aliphatic heterocycles. The predicted octanol–water partition coefficient (Wildman–Crippen LogP) is 4.46. The second-order valence-corrected chi connectivity index (χ2v) is 4.88. The summed E-state index contributed by atoms with van der Waals surface area (Å²) in [6.45, 7) is 2.11. The highest BCUT2D eigenvalue weighted by Crippen LogP contribution is 2.27. The molecule has 0 aliphatic rings. The van der Waals surface area contributed by atoms with E-state index in [0.717, 1.165) is 23.3 Å². The fourth-order valence-electron chi connectivity index (χ4n) is 2.36. The van der Waals surface area contributed by atoms with Gasteiger partial charge in [-0.25, -0.2) is 0 Å². The van der Waals surface area contributed by atoms with Crippen molar-refractivity contribution in [1.82, 2.24) is 0 Å². The van der Waals surface area contributed by atoms with E-state index in [1.165, 1.54) is 0 Å². The van der Waals surface area contributed by atoms with Crippen LogP contribution in [0.3, 0.4) is 0 Å². The molecule has 0 fully saturated rings. The van der Waals surface area contributed by atoms with Crippen LogP contribution in [0.1, 0.15) is 41.6 Å². The Labute approximate surface area is 120 Å². The van der Waals surface area contributed by atoms with Crippen LogP contribution in [0.4, 0.5) is 0 Å². The van der Waals surface area contributed by atoms with Gasteiger partial charge in [0.15, 0.2) is 5.78 Å². The molecule has 0 aliphatic carbocycles. The summed E-state index contributed by atoms with van der Waals surface area (Å²) in [7, 11) is 1.66. The van der Waals surface area contributed by atoms with Crippen LogP contribution >= 0.6 is 0 Å².